The number of hydrogen-bond donors (Lipinski definition) is 1. The van der Waals surface area contributed by atoms with Gasteiger partial charge in [-0.3, -0.25) is 4.79 Å². The topological polar surface area (TPSA) is 47.2 Å². The van der Waals surface area contributed by atoms with E-state index in [0.29, 0.717) is 19.6 Å². The summed E-state index contributed by atoms with van der Waals surface area (Å²) >= 11 is 0. The van der Waals surface area contributed by atoms with Gasteiger partial charge in [-0.2, -0.15) is 0 Å². The number of furan rings is 1. The van der Waals surface area contributed by atoms with Gasteiger partial charge in [0.2, 0.25) is 0 Å². The van der Waals surface area contributed by atoms with Crippen molar-refractivity contribution in [3.05, 3.63) is 70.4 Å². The highest BCUT2D eigenvalue weighted by Crippen LogP contribution is 2.13. The fourth-order valence-corrected chi connectivity index (χ4v) is 2.56. The average Bonchev–Trinajstić information content (AvgIpc) is 3.01. The Kier molecular flexibility index (Phi) is 3.88. The monoisotopic (exact) mass is 282 g/mol. The van der Waals surface area contributed by atoms with Crippen LogP contribution in [-0.2, 0) is 19.6 Å². The third kappa shape index (κ3) is 2.76. The van der Waals surface area contributed by atoms with Crippen molar-refractivity contribution >= 4 is 10.9 Å². The molecule has 1 N–H and O–H groups in total. The number of hydrogen-bond acceptors (Lipinski definition) is 3. The number of rotatable bonds is 5. The SMILES string of the molecule is CCn1c(=O)c(CNCc2ccco2)cc2ccccc21. The first-order valence-corrected chi connectivity index (χ1v) is 7.14. The Morgan fingerprint density at radius 3 is 2.76 bits per heavy atom. The average molecular weight is 282 g/mol. The predicted octanol–water partition coefficient (Wildman–Crippen LogP) is 2.90. The zero-order chi connectivity index (χ0) is 14.7. The summed E-state index contributed by atoms with van der Waals surface area (Å²) in [6.07, 6.45) is 1.65. The third-order valence-corrected chi connectivity index (χ3v) is 3.59. The van der Waals surface area contributed by atoms with Crippen LogP contribution in [0, 0.1) is 0 Å². The van der Waals surface area contributed by atoms with Crippen molar-refractivity contribution in [3.8, 4) is 0 Å². The molecule has 4 nitrogen and oxygen atoms in total. The number of fused-ring (bicyclic) bond motifs is 1. The molecule has 0 amide bonds. The lowest BCUT2D eigenvalue weighted by atomic mass is 10.1. The summed E-state index contributed by atoms with van der Waals surface area (Å²) in [5, 5.41) is 4.35. The first kappa shape index (κ1) is 13.6. The minimum Gasteiger partial charge on any atom is -0.468 e. The lowest BCUT2D eigenvalue weighted by Crippen LogP contribution is -2.27. The van der Waals surface area contributed by atoms with Crippen molar-refractivity contribution in [1.29, 1.82) is 0 Å². The van der Waals surface area contributed by atoms with E-state index in [-0.39, 0.29) is 5.56 Å². The maximum atomic E-state index is 12.5. The fourth-order valence-electron chi connectivity index (χ4n) is 2.56. The van der Waals surface area contributed by atoms with E-state index in [9.17, 15) is 4.79 Å². The van der Waals surface area contributed by atoms with Gasteiger partial charge in [-0.1, -0.05) is 18.2 Å². The van der Waals surface area contributed by atoms with Gasteiger partial charge in [-0.25, -0.2) is 0 Å². The second kappa shape index (κ2) is 5.97. The van der Waals surface area contributed by atoms with Crippen LogP contribution in [0.2, 0.25) is 0 Å². The second-order valence-electron chi connectivity index (χ2n) is 4.96. The summed E-state index contributed by atoms with van der Waals surface area (Å²) in [6, 6.07) is 13.7. The van der Waals surface area contributed by atoms with E-state index in [4.69, 9.17) is 4.42 Å². The quantitative estimate of drug-likeness (QED) is 0.782. The summed E-state index contributed by atoms with van der Waals surface area (Å²) in [5.74, 6) is 0.867. The molecule has 0 aliphatic rings. The van der Waals surface area contributed by atoms with Gasteiger partial charge < -0.3 is 14.3 Å². The van der Waals surface area contributed by atoms with Crippen molar-refractivity contribution in [3.63, 3.8) is 0 Å². The third-order valence-electron chi connectivity index (χ3n) is 3.59. The van der Waals surface area contributed by atoms with E-state index in [1.165, 1.54) is 0 Å². The van der Waals surface area contributed by atoms with Gasteiger partial charge in [0, 0.05) is 18.7 Å². The number of nitrogens with one attached hydrogen (secondary N) is 1. The van der Waals surface area contributed by atoms with Crippen molar-refractivity contribution in [2.45, 2.75) is 26.6 Å². The van der Waals surface area contributed by atoms with E-state index in [0.717, 1.165) is 22.2 Å². The lowest BCUT2D eigenvalue weighted by molar-refractivity contribution is 0.482. The molecular formula is C17H18N2O2. The molecule has 0 unspecified atom stereocenters. The molecule has 0 spiro atoms. The van der Waals surface area contributed by atoms with Gasteiger partial charge in [0.05, 0.1) is 18.3 Å². The van der Waals surface area contributed by atoms with Gasteiger partial charge in [0.25, 0.3) is 5.56 Å². The van der Waals surface area contributed by atoms with E-state index < -0.39 is 0 Å². The van der Waals surface area contributed by atoms with Crippen LogP contribution in [-0.4, -0.2) is 4.57 Å². The fraction of sp³-hybridized carbons (Fsp3) is 0.235. The molecule has 4 heteroatoms. The molecule has 0 bridgehead atoms. The molecule has 0 atom stereocenters. The lowest BCUT2D eigenvalue weighted by Gasteiger charge is -2.11. The van der Waals surface area contributed by atoms with Gasteiger partial charge in [0.15, 0.2) is 0 Å². The highest BCUT2D eigenvalue weighted by atomic mass is 16.3. The summed E-state index contributed by atoms with van der Waals surface area (Å²) in [7, 11) is 0. The summed E-state index contributed by atoms with van der Waals surface area (Å²) < 4.78 is 7.09. The molecule has 2 aromatic heterocycles. The van der Waals surface area contributed by atoms with Crippen molar-refractivity contribution in [2.75, 3.05) is 0 Å². The number of benzene rings is 1. The van der Waals surface area contributed by atoms with Crippen LogP contribution >= 0.6 is 0 Å². The van der Waals surface area contributed by atoms with Crippen LogP contribution in [0.4, 0.5) is 0 Å². The first-order valence-electron chi connectivity index (χ1n) is 7.14. The van der Waals surface area contributed by atoms with Crippen LogP contribution in [0.3, 0.4) is 0 Å². The number of para-hydroxylation sites is 1. The standard InChI is InChI=1S/C17H18N2O2/c1-2-19-16-8-4-3-6-13(16)10-14(17(19)20)11-18-12-15-7-5-9-21-15/h3-10,18H,2,11-12H2,1H3. The smallest absolute Gasteiger partial charge is 0.255 e. The number of nitrogens with zero attached hydrogens (tertiary/aromatic N) is 1. The van der Waals surface area contributed by atoms with Crippen molar-refractivity contribution in [1.82, 2.24) is 9.88 Å². The molecule has 0 saturated heterocycles. The van der Waals surface area contributed by atoms with Crippen LogP contribution in [0.15, 0.2) is 57.9 Å². The summed E-state index contributed by atoms with van der Waals surface area (Å²) in [5.41, 5.74) is 1.84. The first-order chi connectivity index (χ1) is 10.3. The van der Waals surface area contributed by atoms with Gasteiger partial charge in [0.1, 0.15) is 5.76 Å². The molecule has 0 saturated carbocycles. The maximum absolute atomic E-state index is 12.5. The largest absolute Gasteiger partial charge is 0.468 e. The van der Waals surface area contributed by atoms with E-state index >= 15 is 0 Å². The summed E-state index contributed by atoms with van der Waals surface area (Å²) in [4.78, 5) is 12.5. The second-order valence-corrected chi connectivity index (χ2v) is 4.96. The molecule has 2 heterocycles. The molecule has 0 radical (unpaired) electrons. The Morgan fingerprint density at radius 2 is 2.00 bits per heavy atom. The van der Waals surface area contributed by atoms with Gasteiger partial charge >= 0.3 is 0 Å². The van der Waals surface area contributed by atoms with Crippen LogP contribution < -0.4 is 10.9 Å². The zero-order valence-corrected chi connectivity index (χ0v) is 12.0. The molecule has 0 fully saturated rings. The molecule has 3 rings (SSSR count). The minimum absolute atomic E-state index is 0.0724. The molecule has 1 aromatic carbocycles. The highest BCUT2D eigenvalue weighted by Gasteiger charge is 2.07. The van der Waals surface area contributed by atoms with Crippen molar-refractivity contribution < 1.29 is 4.42 Å². The molecule has 0 aliphatic heterocycles. The van der Waals surface area contributed by atoms with Crippen molar-refractivity contribution in [2.24, 2.45) is 0 Å². The number of pyridine rings is 1. The Morgan fingerprint density at radius 1 is 1.14 bits per heavy atom. The Balaban J connectivity index is 1.88. The summed E-state index contributed by atoms with van der Waals surface area (Å²) in [6.45, 7) is 3.81. The Hall–Kier alpha value is -2.33. The Labute approximate surface area is 123 Å². The van der Waals surface area contributed by atoms with Gasteiger partial charge in [-0.05, 0) is 36.6 Å². The normalized spacial score (nSPS) is 11.1. The Bertz CT molecular complexity index is 788. The predicted molar refractivity (Wildman–Crippen MR) is 83.1 cm³/mol. The van der Waals surface area contributed by atoms with Crippen LogP contribution in [0.1, 0.15) is 18.2 Å². The van der Waals surface area contributed by atoms with E-state index in [1.807, 2.05) is 54.0 Å². The van der Waals surface area contributed by atoms with E-state index in [1.54, 1.807) is 6.26 Å². The molecule has 0 aliphatic carbocycles. The molecule has 108 valence electrons. The number of aromatic nitrogens is 1. The van der Waals surface area contributed by atoms with Crippen LogP contribution in [0.25, 0.3) is 10.9 Å². The maximum Gasteiger partial charge on any atom is 0.255 e. The van der Waals surface area contributed by atoms with Crippen LogP contribution in [0.5, 0.6) is 0 Å². The van der Waals surface area contributed by atoms with E-state index in [2.05, 4.69) is 5.32 Å². The zero-order valence-electron chi connectivity index (χ0n) is 12.0. The minimum atomic E-state index is 0.0724. The highest BCUT2D eigenvalue weighted by molar-refractivity contribution is 5.79. The molecule has 21 heavy (non-hydrogen) atoms. The number of aryl methyl sites for hydroxylation is 1. The van der Waals surface area contributed by atoms with Gasteiger partial charge in [-0.15, -0.1) is 0 Å². The molecule has 3 aromatic rings. The molecular weight excluding hydrogens is 264 g/mol.